The number of hydrogen-bond acceptors (Lipinski definition) is 2. The topological polar surface area (TPSA) is 78.7 Å². The van der Waals surface area contributed by atoms with Crippen molar-refractivity contribution < 1.29 is 40.8 Å². The number of benzene rings is 6. The van der Waals surface area contributed by atoms with Crippen molar-refractivity contribution in [1.29, 1.82) is 0 Å². The minimum atomic E-state index is -0.446. The molecule has 6 aromatic rings. The van der Waals surface area contributed by atoms with Crippen molar-refractivity contribution in [2.24, 2.45) is 0 Å². The van der Waals surface area contributed by atoms with Crippen LogP contribution >= 0.6 is 15.8 Å². The van der Waals surface area contributed by atoms with E-state index in [0.29, 0.717) is 0 Å². The minimum Gasteiger partial charge on any atom is -0.577 e. The predicted octanol–water partition coefficient (Wildman–Crippen LogP) is 13.6. The molecule has 2 aliphatic rings. The first-order valence-electron chi connectivity index (χ1n) is 21.4. The first-order chi connectivity index (χ1) is 31.9. The van der Waals surface area contributed by atoms with Crippen molar-refractivity contribution in [3.8, 4) is 11.8 Å². The maximum atomic E-state index is 7.25. The molecule has 0 bridgehead atoms. The molecule has 0 aliphatic heterocycles. The van der Waals surface area contributed by atoms with Crippen LogP contribution in [0.4, 0.5) is 0 Å². The van der Waals surface area contributed by atoms with Crippen molar-refractivity contribution in [1.82, 2.24) is 0 Å². The molecule has 2 aliphatic carbocycles. The second kappa shape index (κ2) is 35.9. The maximum absolute atomic E-state index is 7.25. The van der Waals surface area contributed by atoms with Gasteiger partial charge in [-0.1, -0.05) is 251 Å². The largest absolute Gasteiger partial charge is 0.577 e. The van der Waals surface area contributed by atoms with E-state index in [1.165, 1.54) is 91.0 Å². The summed E-state index contributed by atoms with van der Waals surface area (Å²) < 4.78 is 0. The molecule has 8 rings (SSSR count). The van der Waals surface area contributed by atoms with E-state index in [1.54, 1.807) is 11.8 Å². The second-order valence-electron chi connectivity index (χ2n) is 15.2. The van der Waals surface area contributed by atoms with E-state index in [1.807, 2.05) is 0 Å². The molecule has 0 aromatic heterocycles. The van der Waals surface area contributed by atoms with Crippen LogP contribution in [0.25, 0.3) is 11.2 Å². The van der Waals surface area contributed by atoms with Gasteiger partial charge in [0.2, 0.25) is 0 Å². The van der Waals surface area contributed by atoms with Crippen molar-refractivity contribution in [2.45, 2.75) is 69.2 Å². The minimum absolute atomic E-state index is 0. The van der Waals surface area contributed by atoms with Crippen molar-refractivity contribution in [3.05, 3.63) is 275 Å². The van der Waals surface area contributed by atoms with Gasteiger partial charge in [-0.15, -0.1) is 0 Å². The van der Waals surface area contributed by atoms with Gasteiger partial charge in [-0.3, -0.25) is 0 Å². The van der Waals surface area contributed by atoms with E-state index in [4.69, 9.17) is 33.8 Å². The summed E-state index contributed by atoms with van der Waals surface area (Å²) in [7, 11) is -0.892. The summed E-state index contributed by atoms with van der Waals surface area (Å²) in [6, 6.07) is 64.7. The van der Waals surface area contributed by atoms with Gasteiger partial charge in [-0.25, -0.2) is 0 Å². The van der Waals surface area contributed by atoms with Crippen LogP contribution < -0.4 is 31.8 Å². The SMILES string of the molecule is C[C]1[C](C)[C](C)[C](C)[C]1C.C[C]1[C](C)[C](C)[C](C)[C]1C.[C-]#CC#[C-].[N-]=O.[N-]=O.[Re].[Re].c1ccc(P(c2ccccc2)c2ccccc2)cc1.c1ccc(P(c2ccccc2)c2ccccc2)cc1. The summed E-state index contributed by atoms with van der Waals surface area (Å²) in [5.41, 5.74) is 11.5. The van der Waals surface area contributed by atoms with E-state index < -0.39 is 15.8 Å². The molecule has 68 heavy (non-hydrogen) atoms. The van der Waals surface area contributed by atoms with Crippen LogP contribution in [0, 0.1) is 93.7 Å². The molecule has 0 saturated heterocycles. The molecular formula is C60H60N2O2P2Re2-4. The summed E-state index contributed by atoms with van der Waals surface area (Å²) in [5, 5.41) is 8.39. The summed E-state index contributed by atoms with van der Waals surface area (Å²) in [5.74, 6) is 17.9. The Labute approximate surface area is 441 Å². The quantitative estimate of drug-likeness (QED) is 0.0946. The predicted molar refractivity (Wildman–Crippen MR) is 287 cm³/mol. The molecule has 4 nitrogen and oxygen atoms in total. The Kier molecular flexibility index (Phi) is 33.7. The fourth-order valence-electron chi connectivity index (χ4n) is 7.17. The van der Waals surface area contributed by atoms with Gasteiger partial charge in [0.05, 0.1) is 0 Å². The fraction of sp³-hybridized carbons (Fsp3) is 0.167. The van der Waals surface area contributed by atoms with Crippen LogP contribution in [0.2, 0.25) is 0 Å². The van der Waals surface area contributed by atoms with Gasteiger partial charge in [0.1, 0.15) is 0 Å². The summed E-state index contributed by atoms with van der Waals surface area (Å²) in [4.78, 5) is 14.5. The number of nitroso groups, excluding NO2 is 2. The van der Waals surface area contributed by atoms with Crippen LogP contribution in [0.15, 0.2) is 182 Å². The van der Waals surface area contributed by atoms with E-state index in [2.05, 4.69) is 251 Å². The summed E-state index contributed by atoms with van der Waals surface area (Å²) in [6.07, 6.45) is 11.8. The van der Waals surface area contributed by atoms with E-state index in [0.717, 1.165) is 0 Å². The van der Waals surface area contributed by atoms with Gasteiger partial charge in [0.25, 0.3) is 0 Å². The molecule has 0 amide bonds. The molecule has 0 atom stereocenters. The molecule has 6 aromatic carbocycles. The Balaban J connectivity index is 0.000000857. The van der Waals surface area contributed by atoms with Crippen LogP contribution in [-0.2, 0) is 40.8 Å². The third-order valence-corrected chi connectivity index (χ3v) is 16.7. The van der Waals surface area contributed by atoms with Gasteiger partial charge < -0.3 is 45.7 Å². The van der Waals surface area contributed by atoms with Crippen LogP contribution in [0.3, 0.4) is 0 Å². The second-order valence-corrected chi connectivity index (χ2v) is 19.6. The van der Waals surface area contributed by atoms with Crippen LogP contribution in [-0.4, -0.2) is 0 Å². The standard InChI is InChI=1S/2C18H15P.2C10H15.C4.2NO.2Re/c2*1-4-10-16(11-5-1)19(17-12-6-2-7-13-17)18-14-8-3-9-15-18;2*1-6-7(2)9(4)10(5)8(6)3;1-3-4-2;2*1-2;;/h2*1-15H;2*1-5H3;;;;;/q;;;;-2;2*-1;;. The third kappa shape index (κ3) is 19.3. The average molecular weight is 1280 g/mol. The number of nitrogens with zero attached hydrogens (tertiary/aromatic N) is 2. The molecule has 8 heteroatoms. The van der Waals surface area contributed by atoms with Gasteiger partial charge >= 0.3 is 0 Å². The molecule has 12 radical (unpaired) electrons. The van der Waals surface area contributed by atoms with E-state index >= 15 is 0 Å². The van der Waals surface area contributed by atoms with Crippen LogP contribution in [0.5, 0.6) is 0 Å². The Morgan fingerprint density at radius 1 is 0.265 bits per heavy atom. The van der Waals surface area contributed by atoms with Gasteiger partial charge in [0, 0.05) is 40.8 Å². The monoisotopic (exact) mass is 1280 g/mol. The number of hydrogen-bond donors (Lipinski definition) is 0. The zero-order valence-corrected chi connectivity index (χ0v) is 47.9. The first-order valence-corrected chi connectivity index (χ1v) is 24.1. The zero-order valence-electron chi connectivity index (χ0n) is 40.7. The van der Waals surface area contributed by atoms with Crippen molar-refractivity contribution in [2.75, 3.05) is 0 Å². The maximum Gasteiger partial charge on any atom is 0 e. The first kappa shape index (κ1) is 63.8. The Morgan fingerprint density at radius 2 is 0.368 bits per heavy atom. The van der Waals surface area contributed by atoms with Gasteiger partial charge in [0.15, 0.2) is 0 Å². The summed E-state index contributed by atoms with van der Waals surface area (Å²) >= 11 is 0. The molecule has 0 heterocycles. The molecule has 0 spiro atoms. The fourth-order valence-corrected chi connectivity index (χ4v) is 11.8. The van der Waals surface area contributed by atoms with E-state index in [9.17, 15) is 0 Å². The molecular weight excluding hydrogens is 1220 g/mol. The van der Waals surface area contributed by atoms with Crippen molar-refractivity contribution in [3.63, 3.8) is 0 Å². The molecule has 0 unspecified atom stereocenters. The molecule has 350 valence electrons. The molecule has 0 N–H and O–H groups in total. The smallest absolute Gasteiger partial charge is 0 e. The molecule has 2 saturated carbocycles. The van der Waals surface area contributed by atoms with Gasteiger partial charge in [-0.2, -0.15) is 0 Å². The zero-order chi connectivity index (χ0) is 49.0. The van der Waals surface area contributed by atoms with Gasteiger partial charge in [-0.05, 0) is 107 Å². The molecule has 2 fully saturated rings. The summed E-state index contributed by atoms with van der Waals surface area (Å²) in [6.45, 7) is 22.0. The Bertz CT molecular complexity index is 1810. The average Bonchev–Trinajstić information content (AvgIpc) is 3.66. The normalized spacial score (nSPS) is 14.6. The van der Waals surface area contributed by atoms with Crippen molar-refractivity contribution >= 4 is 47.7 Å². The Morgan fingerprint density at radius 3 is 0.456 bits per heavy atom. The number of rotatable bonds is 6. The van der Waals surface area contributed by atoms with E-state index in [-0.39, 0.29) is 40.8 Å². The van der Waals surface area contributed by atoms with Crippen LogP contribution in [0.1, 0.15) is 69.2 Å². The Hall–Kier alpha value is -4.18. The third-order valence-electron chi connectivity index (χ3n) is 11.8.